The van der Waals surface area contributed by atoms with E-state index >= 15 is 0 Å². The Morgan fingerprint density at radius 1 is 1.09 bits per heavy atom. The molecule has 1 atom stereocenters. The maximum atomic E-state index is 12.1. The molecule has 34 heavy (non-hydrogen) atoms. The van der Waals surface area contributed by atoms with E-state index in [0.29, 0.717) is 28.0 Å². The molecule has 1 amide bonds. The fraction of sp³-hybridized carbons (Fsp3) is 0.357. The summed E-state index contributed by atoms with van der Waals surface area (Å²) in [7, 11) is 1.47. The number of hydrogen-bond donors (Lipinski definition) is 2. The Bertz CT molecular complexity index is 1030. The van der Waals surface area contributed by atoms with E-state index in [-0.39, 0.29) is 30.8 Å². The third kappa shape index (κ3) is 8.72. The average Bonchev–Trinajstić information content (AvgIpc) is 2.81. The van der Waals surface area contributed by atoms with Gasteiger partial charge >= 0.3 is 0 Å². The monoisotopic (exact) mass is 467 g/mol. The van der Waals surface area contributed by atoms with Crippen molar-refractivity contribution in [3.8, 4) is 11.5 Å². The lowest BCUT2D eigenvalue weighted by atomic mass is 9.82. The maximum Gasteiger partial charge on any atom is 0.216 e. The Balaban J connectivity index is 0.00000119. The number of phenolic OH excluding ortho intramolecular Hbond substituents is 1. The van der Waals surface area contributed by atoms with Crippen LogP contribution in [-0.4, -0.2) is 36.4 Å². The predicted molar refractivity (Wildman–Crippen MR) is 138 cm³/mol. The van der Waals surface area contributed by atoms with Gasteiger partial charge in [-0.3, -0.25) is 9.59 Å². The summed E-state index contributed by atoms with van der Waals surface area (Å²) in [5.41, 5.74) is 3.01. The van der Waals surface area contributed by atoms with Crippen LogP contribution in [-0.2, 0) is 14.4 Å². The summed E-state index contributed by atoms with van der Waals surface area (Å²) in [6.45, 7) is 9.45. The molecule has 0 aromatic heterocycles. The van der Waals surface area contributed by atoms with E-state index in [1.165, 1.54) is 27.0 Å². The van der Waals surface area contributed by atoms with Crippen molar-refractivity contribution < 1.29 is 24.2 Å². The zero-order valence-corrected chi connectivity index (χ0v) is 20.2. The van der Waals surface area contributed by atoms with Gasteiger partial charge in [0.1, 0.15) is 5.94 Å². The lowest BCUT2D eigenvalue weighted by Gasteiger charge is -2.21. The van der Waals surface area contributed by atoms with Crippen LogP contribution < -0.4 is 10.1 Å². The highest BCUT2D eigenvalue weighted by molar-refractivity contribution is 6.04. The van der Waals surface area contributed by atoms with Crippen molar-refractivity contribution in [3.63, 3.8) is 0 Å². The van der Waals surface area contributed by atoms with Crippen LogP contribution in [0.3, 0.4) is 0 Å². The number of allylic oxidation sites excluding steroid dienone is 3. The van der Waals surface area contributed by atoms with Crippen LogP contribution in [0, 0.1) is 0 Å². The van der Waals surface area contributed by atoms with Crippen LogP contribution in [0.25, 0.3) is 5.57 Å². The second-order valence-electron chi connectivity index (χ2n) is 7.57. The Labute approximate surface area is 203 Å². The number of carbonyl (C=O) groups is 2. The molecule has 0 aliphatic rings. The van der Waals surface area contributed by atoms with Gasteiger partial charge in [-0.15, -0.1) is 0 Å². The summed E-state index contributed by atoms with van der Waals surface area (Å²) in [5, 5.41) is 12.5. The zero-order chi connectivity index (χ0) is 25.0. The summed E-state index contributed by atoms with van der Waals surface area (Å²) >= 11 is 0. The molecule has 0 saturated heterocycles. The maximum absolute atomic E-state index is 12.1. The van der Waals surface area contributed by atoms with E-state index in [4.69, 9.17) is 4.74 Å². The number of Topliss-reactive ketones (excluding diaryl/α,β-unsaturated/α-hetero) is 1. The number of benzene rings is 2. The van der Waals surface area contributed by atoms with Crippen LogP contribution in [0.4, 0.5) is 0 Å². The number of methoxy groups -OCH3 is 1. The van der Waals surface area contributed by atoms with Gasteiger partial charge in [-0.1, -0.05) is 57.7 Å². The number of phenols is 1. The minimum Gasteiger partial charge on any atom is -0.504 e. The van der Waals surface area contributed by atoms with E-state index in [2.05, 4.69) is 5.32 Å². The Morgan fingerprint density at radius 3 is 2.15 bits per heavy atom. The van der Waals surface area contributed by atoms with Crippen LogP contribution in [0.2, 0.25) is 0 Å². The van der Waals surface area contributed by atoms with Crippen LogP contribution in [0.5, 0.6) is 11.5 Å². The molecular formula is C28H37NO5. The first-order valence-corrected chi connectivity index (χ1v) is 10.8. The smallest absolute Gasteiger partial charge is 0.216 e. The van der Waals surface area contributed by atoms with Gasteiger partial charge in [0, 0.05) is 19.4 Å². The van der Waals surface area contributed by atoms with E-state index in [1.54, 1.807) is 19.1 Å². The Morgan fingerprint density at radius 2 is 1.71 bits per heavy atom. The largest absolute Gasteiger partial charge is 0.504 e. The third-order valence-electron chi connectivity index (χ3n) is 5.13. The minimum absolute atomic E-state index is 0. The summed E-state index contributed by atoms with van der Waals surface area (Å²) in [5.74, 6) is 2.07. The van der Waals surface area contributed by atoms with E-state index in [0.717, 1.165) is 18.5 Å². The van der Waals surface area contributed by atoms with Gasteiger partial charge in [0.25, 0.3) is 0 Å². The van der Waals surface area contributed by atoms with Gasteiger partial charge in [-0.2, -0.15) is 0 Å². The summed E-state index contributed by atoms with van der Waals surface area (Å²) in [6, 6.07) is 14.2. The highest BCUT2D eigenvalue weighted by atomic mass is 16.5. The zero-order valence-electron chi connectivity index (χ0n) is 20.2. The van der Waals surface area contributed by atoms with Crippen molar-refractivity contribution in [2.45, 2.75) is 54.4 Å². The number of nitrogens with one attached hydrogen (secondary N) is 1. The highest BCUT2D eigenvalue weighted by Crippen LogP contribution is 2.38. The minimum atomic E-state index is -0.273. The SMILES string of the molecule is C.CCCNC(C)=O.COc1cc(C(C)/C(C(=C=O)c2ccccc2)=C(/C)C(C)=O)ccc1O. The molecule has 6 nitrogen and oxygen atoms in total. The molecule has 2 aromatic carbocycles. The van der Waals surface area contributed by atoms with Crippen molar-refractivity contribution >= 4 is 23.2 Å². The molecule has 0 radical (unpaired) electrons. The van der Waals surface area contributed by atoms with Crippen molar-refractivity contribution in [2.75, 3.05) is 13.7 Å². The van der Waals surface area contributed by atoms with E-state index < -0.39 is 0 Å². The molecule has 6 heteroatoms. The van der Waals surface area contributed by atoms with Gasteiger partial charge in [0.05, 0.1) is 12.7 Å². The number of amides is 1. The van der Waals surface area contributed by atoms with Crippen LogP contribution in [0.15, 0.2) is 59.7 Å². The summed E-state index contributed by atoms with van der Waals surface area (Å²) in [4.78, 5) is 34.0. The Hall–Kier alpha value is -3.63. The topological polar surface area (TPSA) is 92.7 Å². The van der Waals surface area contributed by atoms with Crippen LogP contribution >= 0.6 is 0 Å². The number of ether oxygens (including phenoxy) is 1. The number of carbonyl (C=O) groups excluding carboxylic acids is 3. The molecule has 0 fully saturated rings. The molecule has 2 rings (SSSR count). The van der Waals surface area contributed by atoms with Gasteiger partial charge < -0.3 is 15.2 Å². The normalized spacial score (nSPS) is 11.4. The number of hydrogen-bond acceptors (Lipinski definition) is 5. The lowest BCUT2D eigenvalue weighted by Crippen LogP contribution is -2.19. The molecule has 0 bridgehead atoms. The lowest BCUT2D eigenvalue weighted by molar-refractivity contribution is -0.119. The molecule has 184 valence electrons. The van der Waals surface area contributed by atoms with Crippen molar-refractivity contribution in [1.82, 2.24) is 5.32 Å². The van der Waals surface area contributed by atoms with Crippen molar-refractivity contribution in [1.29, 1.82) is 0 Å². The fourth-order valence-electron chi connectivity index (χ4n) is 3.22. The first-order chi connectivity index (χ1) is 15.7. The fourth-order valence-corrected chi connectivity index (χ4v) is 3.22. The van der Waals surface area contributed by atoms with E-state index in [1.807, 2.05) is 50.1 Å². The van der Waals surface area contributed by atoms with Gasteiger partial charge in [-0.25, -0.2) is 4.79 Å². The van der Waals surface area contributed by atoms with Gasteiger partial charge in [0.15, 0.2) is 17.3 Å². The second-order valence-corrected chi connectivity index (χ2v) is 7.57. The number of aromatic hydroxyl groups is 1. The van der Waals surface area contributed by atoms with Crippen molar-refractivity contribution in [3.05, 3.63) is 70.8 Å². The molecule has 0 aliphatic carbocycles. The average molecular weight is 468 g/mol. The van der Waals surface area contributed by atoms with Gasteiger partial charge in [0.2, 0.25) is 5.91 Å². The first-order valence-electron chi connectivity index (χ1n) is 10.8. The van der Waals surface area contributed by atoms with Crippen LogP contribution in [0.1, 0.15) is 65.5 Å². The second kappa shape index (κ2) is 15.3. The summed E-state index contributed by atoms with van der Waals surface area (Å²) in [6.07, 6.45) is 1.01. The quantitative estimate of drug-likeness (QED) is 0.304. The molecule has 2 aromatic rings. The summed E-state index contributed by atoms with van der Waals surface area (Å²) < 4.78 is 5.18. The first kappa shape index (κ1) is 30.4. The number of ketones is 1. The molecule has 1 unspecified atom stereocenters. The predicted octanol–water partition coefficient (Wildman–Crippen LogP) is 5.49. The Kier molecular flexibility index (Phi) is 13.6. The van der Waals surface area contributed by atoms with Gasteiger partial charge in [-0.05, 0) is 54.7 Å². The standard InChI is InChI=1S/C22H22O4.C5H11NO.CH4/c1-14(16(3)24)22(19(13-23)17-8-6-5-7-9-17)15(2)18-10-11-20(25)21(12-18)26-4;1-3-4-6-5(2)7;/h5-12,15,25H,1-4H3;3-4H2,1-2H3,(H,6,7);1H4/b22-14+;;. The number of rotatable bonds is 8. The molecular weight excluding hydrogens is 430 g/mol. The molecule has 0 heterocycles. The highest BCUT2D eigenvalue weighted by Gasteiger charge is 2.23. The molecule has 0 spiro atoms. The van der Waals surface area contributed by atoms with Crippen molar-refractivity contribution in [2.24, 2.45) is 0 Å². The molecule has 0 aliphatic heterocycles. The van der Waals surface area contributed by atoms with E-state index in [9.17, 15) is 19.5 Å². The third-order valence-corrected chi connectivity index (χ3v) is 5.13. The molecule has 2 N–H and O–H groups in total. The molecule has 0 saturated carbocycles.